The lowest BCUT2D eigenvalue weighted by molar-refractivity contribution is 0.178. The molecule has 0 bridgehead atoms. The van der Waals surface area contributed by atoms with Crippen LogP contribution < -0.4 is 4.74 Å². The molecular formula is C29H45FN2O. The van der Waals surface area contributed by atoms with Crippen molar-refractivity contribution in [2.45, 2.75) is 110 Å². The Morgan fingerprint density at radius 1 is 0.788 bits per heavy atom. The van der Waals surface area contributed by atoms with Crippen molar-refractivity contribution in [3.8, 4) is 17.1 Å². The van der Waals surface area contributed by atoms with Crippen molar-refractivity contribution in [1.82, 2.24) is 9.97 Å². The van der Waals surface area contributed by atoms with Crippen LogP contribution in [0.15, 0.2) is 36.7 Å². The quantitative estimate of drug-likeness (QED) is 0.210. The molecule has 0 amide bonds. The van der Waals surface area contributed by atoms with Gasteiger partial charge in [-0.3, -0.25) is 0 Å². The molecule has 0 spiro atoms. The number of rotatable bonds is 18. The average molecular weight is 457 g/mol. The highest BCUT2D eigenvalue weighted by Crippen LogP contribution is 2.21. The summed E-state index contributed by atoms with van der Waals surface area (Å²) in [5.41, 5.74) is 2.15. The molecule has 1 aromatic carbocycles. The predicted molar refractivity (Wildman–Crippen MR) is 137 cm³/mol. The summed E-state index contributed by atoms with van der Waals surface area (Å²) >= 11 is 0. The average Bonchev–Trinajstić information content (AvgIpc) is 2.85. The molecule has 2 unspecified atom stereocenters. The zero-order valence-corrected chi connectivity index (χ0v) is 21.2. The number of hydrogen-bond acceptors (Lipinski definition) is 3. The lowest BCUT2D eigenvalue weighted by Crippen LogP contribution is -2.14. The van der Waals surface area contributed by atoms with Gasteiger partial charge in [-0.15, -0.1) is 0 Å². The summed E-state index contributed by atoms with van der Waals surface area (Å²) in [5, 5.41) is 0. The Morgan fingerprint density at radius 3 is 2.09 bits per heavy atom. The van der Waals surface area contributed by atoms with Crippen LogP contribution in [0, 0.1) is 5.92 Å². The molecule has 4 heteroatoms. The zero-order valence-electron chi connectivity index (χ0n) is 21.2. The molecule has 0 aliphatic heterocycles. The van der Waals surface area contributed by atoms with Gasteiger partial charge in [0.2, 0.25) is 0 Å². The summed E-state index contributed by atoms with van der Waals surface area (Å²) in [6.45, 7) is 6.78. The number of ether oxygens (including phenoxy) is 1. The van der Waals surface area contributed by atoms with Gasteiger partial charge < -0.3 is 4.74 Å². The molecule has 2 rings (SSSR count). The molecule has 0 aliphatic carbocycles. The summed E-state index contributed by atoms with van der Waals surface area (Å²) in [6, 6.07) is 7.64. The molecule has 33 heavy (non-hydrogen) atoms. The molecule has 0 aliphatic rings. The van der Waals surface area contributed by atoms with Crippen molar-refractivity contribution in [3.05, 3.63) is 42.2 Å². The third-order valence-electron chi connectivity index (χ3n) is 6.34. The van der Waals surface area contributed by atoms with Crippen LogP contribution in [0.3, 0.4) is 0 Å². The summed E-state index contributed by atoms with van der Waals surface area (Å²) in [4.78, 5) is 9.08. The summed E-state index contributed by atoms with van der Waals surface area (Å²) in [6.07, 6.45) is 18.3. The van der Waals surface area contributed by atoms with Crippen molar-refractivity contribution in [1.29, 1.82) is 0 Å². The van der Waals surface area contributed by atoms with Crippen molar-refractivity contribution in [2.75, 3.05) is 6.61 Å². The maximum atomic E-state index is 14.2. The fraction of sp³-hybridized carbons (Fsp3) is 0.655. The van der Waals surface area contributed by atoms with E-state index in [4.69, 9.17) is 4.74 Å². The summed E-state index contributed by atoms with van der Waals surface area (Å²) in [7, 11) is 0. The normalized spacial score (nSPS) is 13.1. The molecule has 2 atom stereocenters. The van der Waals surface area contributed by atoms with Crippen LogP contribution in [0.25, 0.3) is 11.4 Å². The van der Waals surface area contributed by atoms with Gasteiger partial charge in [0.1, 0.15) is 18.5 Å². The van der Waals surface area contributed by atoms with Gasteiger partial charge in [-0.2, -0.15) is 0 Å². The first kappa shape index (κ1) is 27.3. The van der Waals surface area contributed by atoms with E-state index < -0.39 is 6.17 Å². The number of halogens is 1. The van der Waals surface area contributed by atoms with E-state index in [1.54, 1.807) is 0 Å². The Bertz CT molecular complexity index is 732. The van der Waals surface area contributed by atoms with Crippen LogP contribution in [0.4, 0.5) is 4.39 Å². The van der Waals surface area contributed by atoms with Gasteiger partial charge in [-0.05, 0) is 61.4 Å². The van der Waals surface area contributed by atoms with Gasteiger partial charge in [0, 0.05) is 18.0 Å². The van der Waals surface area contributed by atoms with E-state index in [0.29, 0.717) is 23.9 Å². The molecular weight excluding hydrogens is 411 g/mol. The van der Waals surface area contributed by atoms with E-state index in [0.717, 1.165) is 18.4 Å². The minimum Gasteiger partial charge on any atom is -0.491 e. The second-order valence-corrected chi connectivity index (χ2v) is 9.54. The van der Waals surface area contributed by atoms with Crippen LogP contribution in [0.1, 0.15) is 103 Å². The van der Waals surface area contributed by atoms with E-state index >= 15 is 0 Å². The van der Waals surface area contributed by atoms with E-state index in [1.807, 2.05) is 36.7 Å². The lowest BCUT2D eigenvalue weighted by Gasteiger charge is -2.14. The number of hydrogen-bond donors (Lipinski definition) is 0. The van der Waals surface area contributed by atoms with E-state index in [1.165, 1.54) is 69.8 Å². The second kappa shape index (κ2) is 16.6. The minimum atomic E-state index is -0.916. The summed E-state index contributed by atoms with van der Waals surface area (Å²) < 4.78 is 19.9. The first-order chi connectivity index (χ1) is 16.1. The molecule has 3 nitrogen and oxygen atoms in total. The number of aryl methyl sites for hydroxylation is 1. The van der Waals surface area contributed by atoms with Gasteiger partial charge in [0.15, 0.2) is 5.82 Å². The standard InChI is InChI=1S/C29H45FN2O/c1-4-6-8-9-10-11-12-14-25-21-31-29(32-22-25)26-16-19-28(20-17-26)33-23-27(30)18-15-24(3)13-7-5-2/h16-17,19-22,24,27H,4-15,18,23H2,1-3H3. The maximum Gasteiger partial charge on any atom is 0.159 e. The fourth-order valence-electron chi connectivity index (χ4n) is 4.05. The van der Waals surface area contributed by atoms with Crippen molar-refractivity contribution in [2.24, 2.45) is 5.92 Å². The monoisotopic (exact) mass is 456 g/mol. The molecule has 0 radical (unpaired) electrons. The highest BCUT2D eigenvalue weighted by atomic mass is 19.1. The van der Waals surface area contributed by atoms with E-state index in [9.17, 15) is 4.39 Å². The summed E-state index contributed by atoms with van der Waals surface area (Å²) in [5.74, 6) is 2.00. The molecule has 0 N–H and O–H groups in total. The molecule has 1 heterocycles. The Labute approximate surface area is 201 Å². The van der Waals surface area contributed by atoms with Crippen LogP contribution in [-0.4, -0.2) is 22.7 Å². The van der Waals surface area contributed by atoms with Crippen molar-refractivity contribution in [3.63, 3.8) is 0 Å². The van der Waals surface area contributed by atoms with Gasteiger partial charge in [0.25, 0.3) is 0 Å². The van der Waals surface area contributed by atoms with E-state index in [2.05, 4.69) is 30.7 Å². The number of aromatic nitrogens is 2. The second-order valence-electron chi connectivity index (χ2n) is 9.54. The third kappa shape index (κ3) is 11.6. The van der Waals surface area contributed by atoms with Crippen LogP contribution in [0.2, 0.25) is 0 Å². The van der Waals surface area contributed by atoms with Crippen molar-refractivity contribution < 1.29 is 9.13 Å². The fourth-order valence-corrected chi connectivity index (χ4v) is 4.05. The van der Waals surface area contributed by atoms with E-state index in [-0.39, 0.29) is 6.61 Å². The van der Waals surface area contributed by atoms with Gasteiger partial charge in [0.05, 0.1) is 0 Å². The third-order valence-corrected chi connectivity index (χ3v) is 6.34. The minimum absolute atomic E-state index is 0.115. The zero-order chi connectivity index (χ0) is 23.7. The predicted octanol–water partition coefficient (Wildman–Crippen LogP) is 8.76. The van der Waals surface area contributed by atoms with Crippen LogP contribution in [0.5, 0.6) is 5.75 Å². The van der Waals surface area contributed by atoms with Gasteiger partial charge in [-0.25, -0.2) is 14.4 Å². The van der Waals surface area contributed by atoms with Gasteiger partial charge >= 0.3 is 0 Å². The number of nitrogens with zero attached hydrogens (tertiary/aromatic N) is 2. The molecule has 0 saturated carbocycles. The molecule has 0 fully saturated rings. The Balaban J connectivity index is 1.69. The van der Waals surface area contributed by atoms with Crippen LogP contribution in [-0.2, 0) is 6.42 Å². The first-order valence-corrected chi connectivity index (χ1v) is 13.3. The molecule has 1 aromatic heterocycles. The smallest absolute Gasteiger partial charge is 0.159 e. The first-order valence-electron chi connectivity index (χ1n) is 13.3. The number of benzene rings is 1. The van der Waals surface area contributed by atoms with Gasteiger partial charge in [-0.1, -0.05) is 78.6 Å². The largest absolute Gasteiger partial charge is 0.491 e. The SMILES string of the molecule is CCCCCCCCCc1cnc(-c2ccc(OCC(F)CCC(C)CCCC)cc2)nc1. The highest BCUT2D eigenvalue weighted by molar-refractivity contribution is 5.55. The Hall–Kier alpha value is -1.97. The van der Waals surface area contributed by atoms with Crippen molar-refractivity contribution >= 4 is 0 Å². The Kier molecular flexibility index (Phi) is 13.7. The van der Waals surface area contributed by atoms with Crippen LogP contribution >= 0.6 is 0 Å². The molecule has 184 valence electrons. The lowest BCUT2D eigenvalue weighted by atomic mass is 9.98. The number of unbranched alkanes of at least 4 members (excludes halogenated alkanes) is 7. The maximum absolute atomic E-state index is 14.2. The number of alkyl halides is 1. The highest BCUT2D eigenvalue weighted by Gasteiger charge is 2.11. The molecule has 0 saturated heterocycles. The molecule has 2 aromatic rings. The topological polar surface area (TPSA) is 35.0 Å². The Morgan fingerprint density at radius 2 is 1.42 bits per heavy atom.